The fourth-order valence-electron chi connectivity index (χ4n) is 2.74. The highest BCUT2D eigenvalue weighted by atomic mass is 79.9. The van der Waals surface area contributed by atoms with Crippen LogP contribution in [-0.2, 0) is 0 Å². The predicted molar refractivity (Wildman–Crippen MR) is 84.1 cm³/mol. The Kier molecular flexibility index (Phi) is 4.47. The lowest BCUT2D eigenvalue weighted by Gasteiger charge is -2.30. The zero-order valence-electron chi connectivity index (χ0n) is 11.5. The van der Waals surface area contributed by atoms with Crippen molar-refractivity contribution >= 4 is 27.5 Å². The van der Waals surface area contributed by atoms with Gasteiger partial charge < -0.3 is 15.5 Å². The summed E-state index contributed by atoms with van der Waals surface area (Å²) >= 11 is 3.45. The van der Waals surface area contributed by atoms with Gasteiger partial charge in [0, 0.05) is 34.9 Å². The quantitative estimate of drug-likeness (QED) is 0.659. The molecule has 1 unspecified atom stereocenters. The SMILES string of the molecule is CN(C)CC1CCCN1c1ccc(Br)cc1C(=N)N. The summed E-state index contributed by atoms with van der Waals surface area (Å²) in [5.74, 6) is 0.131. The van der Waals surface area contributed by atoms with E-state index >= 15 is 0 Å². The molecule has 4 nitrogen and oxygen atoms in total. The van der Waals surface area contributed by atoms with Crippen molar-refractivity contribution in [3.8, 4) is 0 Å². The molecule has 0 saturated carbocycles. The van der Waals surface area contributed by atoms with Gasteiger partial charge in [0.05, 0.1) is 0 Å². The smallest absolute Gasteiger partial charge is 0.124 e. The maximum atomic E-state index is 7.76. The molecule has 0 spiro atoms. The molecular weight excluding hydrogens is 304 g/mol. The van der Waals surface area contributed by atoms with Crippen molar-refractivity contribution in [3.05, 3.63) is 28.2 Å². The van der Waals surface area contributed by atoms with Gasteiger partial charge in [0.25, 0.3) is 0 Å². The summed E-state index contributed by atoms with van der Waals surface area (Å²) < 4.78 is 0.963. The third-order valence-corrected chi connectivity index (χ3v) is 4.00. The molecule has 1 fully saturated rings. The van der Waals surface area contributed by atoms with Crippen molar-refractivity contribution < 1.29 is 0 Å². The molecule has 0 aliphatic carbocycles. The van der Waals surface area contributed by atoms with Crippen LogP contribution >= 0.6 is 15.9 Å². The molecule has 1 saturated heterocycles. The number of rotatable bonds is 4. The summed E-state index contributed by atoms with van der Waals surface area (Å²) in [6, 6.07) is 6.53. The Bertz CT molecular complexity index is 473. The third kappa shape index (κ3) is 3.28. The summed E-state index contributed by atoms with van der Waals surface area (Å²) in [6.07, 6.45) is 2.40. The van der Waals surface area contributed by atoms with Gasteiger partial charge >= 0.3 is 0 Å². The zero-order chi connectivity index (χ0) is 14.0. The fraction of sp³-hybridized carbons (Fsp3) is 0.500. The molecule has 0 amide bonds. The minimum Gasteiger partial charge on any atom is -0.384 e. The van der Waals surface area contributed by atoms with Crippen LogP contribution in [0.3, 0.4) is 0 Å². The molecule has 1 atom stereocenters. The lowest BCUT2D eigenvalue weighted by Crippen LogP contribution is -2.38. The number of hydrogen-bond acceptors (Lipinski definition) is 3. The van der Waals surface area contributed by atoms with Crippen LogP contribution < -0.4 is 10.6 Å². The average molecular weight is 325 g/mol. The maximum absolute atomic E-state index is 7.76. The molecule has 1 aliphatic rings. The number of likely N-dealkylation sites (N-methyl/N-ethyl adjacent to an activating group) is 1. The fourth-order valence-corrected chi connectivity index (χ4v) is 3.10. The number of anilines is 1. The maximum Gasteiger partial charge on any atom is 0.124 e. The first-order chi connectivity index (χ1) is 8.99. The Balaban J connectivity index is 2.32. The first-order valence-electron chi connectivity index (χ1n) is 6.54. The topological polar surface area (TPSA) is 56.4 Å². The minimum absolute atomic E-state index is 0.131. The van der Waals surface area contributed by atoms with Gasteiger partial charge in [-0.1, -0.05) is 15.9 Å². The molecule has 104 valence electrons. The summed E-state index contributed by atoms with van der Waals surface area (Å²) in [7, 11) is 4.20. The van der Waals surface area contributed by atoms with Crippen LogP contribution in [0.2, 0.25) is 0 Å². The van der Waals surface area contributed by atoms with Crippen LogP contribution in [0.4, 0.5) is 5.69 Å². The monoisotopic (exact) mass is 324 g/mol. The molecule has 1 aliphatic heterocycles. The molecule has 1 heterocycles. The van der Waals surface area contributed by atoms with E-state index < -0.39 is 0 Å². The molecule has 5 heteroatoms. The Morgan fingerprint density at radius 1 is 1.53 bits per heavy atom. The Hall–Kier alpha value is -1.07. The van der Waals surface area contributed by atoms with Crippen molar-refractivity contribution in [1.29, 1.82) is 5.41 Å². The molecule has 0 aromatic heterocycles. The molecule has 1 aromatic carbocycles. The molecule has 0 radical (unpaired) electrons. The Morgan fingerprint density at radius 2 is 2.26 bits per heavy atom. The van der Waals surface area contributed by atoms with Crippen LogP contribution in [-0.4, -0.2) is 44.0 Å². The number of hydrogen-bond donors (Lipinski definition) is 2. The van der Waals surface area contributed by atoms with Crippen molar-refractivity contribution in [2.75, 3.05) is 32.1 Å². The molecule has 1 aromatic rings. The van der Waals surface area contributed by atoms with Crippen molar-refractivity contribution in [1.82, 2.24) is 4.90 Å². The van der Waals surface area contributed by atoms with Crippen molar-refractivity contribution in [2.45, 2.75) is 18.9 Å². The molecular formula is C14H21BrN4. The largest absolute Gasteiger partial charge is 0.384 e. The average Bonchev–Trinajstić information content (AvgIpc) is 2.76. The summed E-state index contributed by atoms with van der Waals surface area (Å²) in [5, 5.41) is 7.76. The van der Waals surface area contributed by atoms with Gasteiger partial charge in [0.1, 0.15) is 5.84 Å². The normalized spacial score (nSPS) is 19.2. The van der Waals surface area contributed by atoms with Crippen molar-refractivity contribution in [3.63, 3.8) is 0 Å². The van der Waals surface area contributed by atoms with E-state index in [0.29, 0.717) is 6.04 Å². The van der Waals surface area contributed by atoms with Gasteiger partial charge in [-0.15, -0.1) is 0 Å². The van der Waals surface area contributed by atoms with Crippen LogP contribution in [0.15, 0.2) is 22.7 Å². The van der Waals surface area contributed by atoms with Crippen LogP contribution in [0, 0.1) is 5.41 Å². The van der Waals surface area contributed by atoms with E-state index in [0.717, 1.165) is 28.8 Å². The van der Waals surface area contributed by atoms with E-state index in [2.05, 4.69) is 45.9 Å². The number of benzene rings is 1. The molecule has 0 bridgehead atoms. The Labute approximate surface area is 123 Å². The summed E-state index contributed by atoms with van der Waals surface area (Å²) in [5.41, 5.74) is 7.63. The van der Waals surface area contributed by atoms with Gasteiger partial charge in [-0.25, -0.2) is 0 Å². The highest BCUT2D eigenvalue weighted by Crippen LogP contribution is 2.30. The van der Waals surface area contributed by atoms with E-state index in [9.17, 15) is 0 Å². The number of amidine groups is 1. The first kappa shape index (κ1) is 14.3. The van der Waals surface area contributed by atoms with Crippen molar-refractivity contribution in [2.24, 2.45) is 5.73 Å². The van der Waals surface area contributed by atoms with E-state index in [1.165, 1.54) is 12.8 Å². The van der Waals surface area contributed by atoms with Crippen LogP contribution in [0.25, 0.3) is 0 Å². The standard InChI is InChI=1S/C14H21BrN4/c1-18(2)9-11-4-3-7-19(11)13-6-5-10(15)8-12(13)14(16)17/h5-6,8,11H,3-4,7,9H2,1-2H3,(H3,16,17). The minimum atomic E-state index is 0.131. The molecule has 2 rings (SSSR count). The molecule has 3 N–H and O–H groups in total. The second kappa shape index (κ2) is 5.92. The van der Waals surface area contributed by atoms with Gasteiger partial charge in [0.15, 0.2) is 0 Å². The number of nitrogens with zero attached hydrogens (tertiary/aromatic N) is 2. The number of nitrogens with two attached hydrogens (primary N) is 1. The van der Waals surface area contributed by atoms with Gasteiger partial charge in [-0.05, 0) is 45.1 Å². The van der Waals surface area contributed by atoms with E-state index in [4.69, 9.17) is 11.1 Å². The number of halogens is 1. The number of nitrogen functional groups attached to an aromatic ring is 1. The Morgan fingerprint density at radius 3 is 2.89 bits per heavy atom. The van der Waals surface area contributed by atoms with Gasteiger partial charge in [0.2, 0.25) is 0 Å². The lowest BCUT2D eigenvalue weighted by molar-refractivity contribution is 0.372. The lowest BCUT2D eigenvalue weighted by atomic mass is 10.1. The molecule has 19 heavy (non-hydrogen) atoms. The van der Waals surface area contributed by atoms with Crippen LogP contribution in [0.1, 0.15) is 18.4 Å². The zero-order valence-corrected chi connectivity index (χ0v) is 13.1. The van der Waals surface area contributed by atoms with Gasteiger partial charge in [-0.3, -0.25) is 5.41 Å². The van der Waals surface area contributed by atoms with Gasteiger partial charge in [-0.2, -0.15) is 0 Å². The third-order valence-electron chi connectivity index (χ3n) is 3.51. The second-order valence-corrected chi connectivity index (χ2v) is 6.24. The highest BCUT2D eigenvalue weighted by Gasteiger charge is 2.27. The number of nitrogens with one attached hydrogen (secondary N) is 1. The second-order valence-electron chi connectivity index (χ2n) is 5.33. The summed E-state index contributed by atoms with van der Waals surface area (Å²) in [4.78, 5) is 4.61. The van der Waals surface area contributed by atoms with Crippen LogP contribution in [0.5, 0.6) is 0 Å². The van der Waals surface area contributed by atoms with E-state index in [1.54, 1.807) is 0 Å². The summed E-state index contributed by atoms with van der Waals surface area (Å²) in [6.45, 7) is 2.08. The van der Waals surface area contributed by atoms with E-state index in [-0.39, 0.29) is 5.84 Å². The first-order valence-corrected chi connectivity index (χ1v) is 7.33. The van der Waals surface area contributed by atoms with E-state index in [1.807, 2.05) is 12.1 Å². The highest BCUT2D eigenvalue weighted by molar-refractivity contribution is 9.10. The predicted octanol–water partition coefficient (Wildman–Crippen LogP) is 2.26.